The number of aliphatic hydroxyl groups excluding tert-OH is 4. The van der Waals surface area contributed by atoms with Crippen LogP contribution in [0.15, 0.2) is 22.8 Å². The Morgan fingerprint density at radius 2 is 2.09 bits per heavy atom. The number of esters is 1. The fourth-order valence-electron chi connectivity index (χ4n) is 5.02. The lowest BCUT2D eigenvalue weighted by molar-refractivity contribution is -0.161. The van der Waals surface area contributed by atoms with Crippen LogP contribution in [0.25, 0.3) is 6.08 Å². The molecule has 1 saturated carbocycles. The van der Waals surface area contributed by atoms with Crippen LogP contribution in [0.1, 0.15) is 70.0 Å². The normalized spacial score (nSPS) is 35.8. The molecular weight excluding hydrogens is 458 g/mol. The summed E-state index contributed by atoms with van der Waals surface area (Å²) in [6, 6.07) is 0. The Morgan fingerprint density at radius 1 is 1.35 bits per heavy atom. The molecule has 1 aliphatic heterocycles. The Bertz CT molecular complexity index is 955. The summed E-state index contributed by atoms with van der Waals surface area (Å²) >= 11 is 1.32. The zero-order chi connectivity index (χ0) is 25.0. The van der Waals surface area contributed by atoms with E-state index in [9.17, 15) is 30.0 Å². The van der Waals surface area contributed by atoms with E-state index in [-0.39, 0.29) is 43.3 Å². The number of cyclic esters (lactones) is 1. The molecule has 188 valence electrons. The Labute approximate surface area is 204 Å². The van der Waals surface area contributed by atoms with E-state index in [0.29, 0.717) is 35.5 Å². The molecule has 9 heteroatoms. The number of aliphatic hydroxyl groups is 4. The number of nitrogens with zero attached hydrogens (tertiary/aromatic N) is 1. The molecule has 8 nitrogen and oxygen atoms in total. The molecule has 2 aliphatic rings. The monoisotopic (exact) mass is 493 g/mol. The second kappa shape index (κ2) is 11.1. The lowest BCUT2D eigenvalue weighted by atomic mass is 9.60. The molecule has 34 heavy (non-hydrogen) atoms. The fraction of sp³-hybridized carbons (Fsp3) is 0.640. The molecule has 2 heterocycles. The van der Waals surface area contributed by atoms with E-state index in [1.54, 1.807) is 38.3 Å². The van der Waals surface area contributed by atoms with Crippen molar-refractivity contribution < 1.29 is 34.8 Å². The van der Waals surface area contributed by atoms with Crippen LogP contribution in [0, 0.1) is 17.3 Å². The van der Waals surface area contributed by atoms with E-state index < -0.39 is 35.6 Å². The maximum absolute atomic E-state index is 13.0. The zero-order valence-corrected chi connectivity index (χ0v) is 20.8. The van der Waals surface area contributed by atoms with E-state index in [0.717, 1.165) is 0 Å². The lowest BCUT2D eigenvalue weighted by Crippen LogP contribution is -2.54. The van der Waals surface area contributed by atoms with Gasteiger partial charge in [0.2, 0.25) is 0 Å². The number of ether oxygens (including phenoxy) is 1. The van der Waals surface area contributed by atoms with Crippen LogP contribution in [0.2, 0.25) is 0 Å². The summed E-state index contributed by atoms with van der Waals surface area (Å²) in [4.78, 5) is 30.1. The van der Waals surface area contributed by atoms with Gasteiger partial charge in [0.05, 0.1) is 42.1 Å². The summed E-state index contributed by atoms with van der Waals surface area (Å²) in [6.07, 6.45) is 2.46. The molecule has 3 rings (SSSR count). The quantitative estimate of drug-likeness (QED) is 0.471. The van der Waals surface area contributed by atoms with Crippen molar-refractivity contribution in [3.8, 4) is 0 Å². The minimum atomic E-state index is -1.23. The second-order valence-corrected chi connectivity index (χ2v) is 10.7. The molecule has 0 aromatic carbocycles. The van der Waals surface area contributed by atoms with Crippen LogP contribution in [-0.2, 0) is 20.9 Å². The van der Waals surface area contributed by atoms with Gasteiger partial charge in [-0.1, -0.05) is 13.8 Å². The van der Waals surface area contributed by atoms with Gasteiger partial charge in [0, 0.05) is 24.1 Å². The van der Waals surface area contributed by atoms with E-state index in [2.05, 4.69) is 4.98 Å². The van der Waals surface area contributed by atoms with Crippen molar-refractivity contribution in [3.05, 3.63) is 33.5 Å². The van der Waals surface area contributed by atoms with Crippen molar-refractivity contribution in [2.45, 2.75) is 84.2 Å². The number of thiazole rings is 1. The minimum absolute atomic E-state index is 0.154. The first-order valence-corrected chi connectivity index (χ1v) is 12.6. The van der Waals surface area contributed by atoms with Crippen LogP contribution >= 0.6 is 11.3 Å². The topological polar surface area (TPSA) is 137 Å². The van der Waals surface area contributed by atoms with Crippen molar-refractivity contribution in [3.63, 3.8) is 0 Å². The van der Waals surface area contributed by atoms with Crippen LogP contribution in [0.3, 0.4) is 0 Å². The van der Waals surface area contributed by atoms with Gasteiger partial charge in [-0.15, -0.1) is 11.3 Å². The first-order chi connectivity index (χ1) is 16.0. The van der Waals surface area contributed by atoms with Crippen molar-refractivity contribution >= 4 is 29.2 Å². The summed E-state index contributed by atoms with van der Waals surface area (Å²) < 4.78 is 5.69. The Hall–Kier alpha value is -2.07. The number of rotatable bonds is 3. The van der Waals surface area contributed by atoms with Crippen LogP contribution in [0.5, 0.6) is 0 Å². The number of Topliss-reactive ketones (excluding diaryl/α,β-unsaturated/α-hetero) is 1. The number of carbonyl (C=O) groups is 2. The van der Waals surface area contributed by atoms with Gasteiger partial charge in [-0.25, -0.2) is 4.98 Å². The van der Waals surface area contributed by atoms with Gasteiger partial charge in [0.1, 0.15) is 16.9 Å². The standard InChI is InChI=1S/C25H35NO7S/c1-14(9-17-13-34-21(12-27)26-17)19-8-7-18(28)6-4-5-16-11-25(3,20(29)10-22(30)33-19)24(32)15(2)23(16)31/h7,9,13,15-16,19-20,23,27-29,31H,4-6,8,10-12H2,1-3H3/b14-9+,18-7+/t15-,16-,19?,20+,23?,25?/m1/s1. The predicted molar refractivity (Wildman–Crippen MR) is 128 cm³/mol. The SMILES string of the molecule is C/C(=C\c1csc(CO)n1)C1C/C=C(/O)CCC[C@@H]2CC(C)(C(=O)[C@H](C)C2O)[C@@H](O)CC(=O)O1. The molecule has 4 N–H and O–H groups in total. The smallest absolute Gasteiger partial charge is 0.309 e. The highest BCUT2D eigenvalue weighted by atomic mass is 32.1. The number of hydrogen-bond donors (Lipinski definition) is 4. The van der Waals surface area contributed by atoms with Crippen LogP contribution in [0.4, 0.5) is 0 Å². The van der Waals surface area contributed by atoms with E-state index in [1.807, 2.05) is 0 Å². The number of allylic oxidation sites excluding steroid dienone is 1. The van der Waals surface area contributed by atoms with E-state index in [4.69, 9.17) is 4.74 Å². The second-order valence-electron chi connectivity index (χ2n) is 9.76. The Balaban J connectivity index is 1.87. The predicted octanol–water partition coefficient (Wildman–Crippen LogP) is 3.31. The third-order valence-electron chi connectivity index (χ3n) is 7.19. The van der Waals surface area contributed by atoms with E-state index >= 15 is 0 Å². The third-order valence-corrected chi connectivity index (χ3v) is 8.04. The molecule has 1 aliphatic carbocycles. The fourth-order valence-corrected chi connectivity index (χ4v) is 5.63. The molecule has 1 fully saturated rings. The summed E-state index contributed by atoms with van der Waals surface area (Å²) in [5.74, 6) is -1.57. The number of aromatic nitrogens is 1. The number of hydrogen-bond acceptors (Lipinski definition) is 9. The van der Waals surface area contributed by atoms with Crippen LogP contribution in [-0.4, -0.2) is 55.5 Å². The van der Waals surface area contributed by atoms with Gasteiger partial charge < -0.3 is 25.2 Å². The molecule has 6 atom stereocenters. The maximum Gasteiger partial charge on any atom is 0.309 e. The summed E-state index contributed by atoms with van der Waals surface area (Å²) in [6.45, 7) is 4.96. The first kappa shape index (κ1) is 26.5. The minimum Gasteiger partial charge on any atom is -0.513 e. The molecule has 0 spiro atoms. The maximum atomic E-state index is 13.0. The van der Waals surface area contributed by atoms with Gasteiger partial charge in [-0.05, 0) is 49.8 Å². The van der Waals surface area contributed by atoms with Gasteiger partial charge in [-0.3, -0.25) is 9.59 Å². The molecule has 0 amide bonds. The highest BCUT2D eigenvalue weighted by Crippen LogP contribution is 2.44. The molecule has 3 unspecified atom stereocenters. The average molecular weight is 494 g/mol. The largest absolute Gasteiger partial charge is 0.513 e. The number of carbonyl (C=O) groups excluding carboxylic acids is 2. The van der Waals surface area contributed by atoms with Gasteiger partial charge >= 0.3 is 5.97 Å². The Morgan fingerprint density at radius 3 is 2.76 bits per heavy atom. The number of fused-ring (bicyclic) bond motifs is 2. The van der Waals surface area contributed by atoms with E-state index in [1.165, 1.54) is 11.3 Å². The highest BCUT2D eigenvalue weighted by molar-refractivity contribution is 7.09. The molecule has 0 radical (unpaired) electrons. The molecular formula is C25H35NO7S. The van der Waals surface area contributed by atoms with Gasteiger partial charge in [0.15, 0.2) is 0 Å². The Kier molecular flexibility index (Phi) is 8.67. The summed E-state index contributed by atoms with van der Waals surface area (Å²) in [5.41, 5.74) is 0.172. The number of ketones is 1. The van der Waals surface area contributed by atoms with Crippen molar-refractivity contribution in [1.29, 1.82) is 0 Å². The van der Waals surface area contributed by atoms with Crippen LogP contribution < -0.4 is 0 Å². The van der Waals surface area contributed by atoms with Crippen molar-refractivity contribution in [2.24, 2.45) is 17.3 Å². The molecule has 1 aromatic rings. The molecule has 2 bridgehead atoms. The zero-order valence-electron chi connectivity index (χ0n) is 19.9. The average Bonchev–Trinajstić information content (AvgIpc) is 3.25. The van der Waals surface area contributed by atoms with Crippen molar-refractivity contribution in [1.82, 2.24) is 4.98 Å². The first-order valence-electron chi connectivity index (χ1n) is 11.8. The lowest BCUT2D eigenvalue weighted by Gasteiger charge is -2.45. The molecule has 1 aromatic heterocycles. The third kappa shape index (κ3) is 5.94. The van der Waals surface area contributed by atoms with Gasteiger partial charge in [-0.2, -0.15) is 0 Å². The summed E-state index contributed by atoms with van der Waals surface area (Å²) in [5, 5.41) is 43.6. The van der Waals surface area contributed by atoms with Crippen molar-refractivity contribution in [2.75, 3.05) is 0 Å². The molecule has 0 saturated heterocycles. The van der Waals surface area contributed by atoms with Gasteiger partial charge in [0.25, 0.3) is 0 Å². The summed E-state index contributed by atoms with van der Waals surface area (Å²) in [7, 11) is 0. The highest BCUT2D eigenvalue weighted by Gasteiger charge is 2.51.